The van der Waals surface area contributed by atoms with Crippen LogP contribution in [0.4, 0.5) is 0 Å². The molecule has 0 aliphatic carbocycles. The van der Waals surface area contributed by atoms with Gasteiger partial charge in [-0.05, 0) is 13.8 Å². The number of hydrogen-bond donors (Lipinski definition) is 0. The van der Waals surface area contributed by atoms with E-state index in [1.807, 2.05) is 31.7 Å². The van der Waals surface area contributed by atoms with E-state index in [1.165, 1.54) is 6.20 Å². The maximum atomic E-state index is 12.5. The first-order chi connectivity index (χ1) is 10.5. The Morgan fingerprint density at radius 3 is 2.73 bits per heavy atom. The van der Waals surface area contributed by atoms with E-state index in [4.69, 9.17) is 4.74 Å². The lowest BCUT2D eigenvalue weighted by Gasteiger charge is -2.32. The highest BCUT2D eigenvalue weighted by Gasteiger charge is 2.29. The minimum atomic E-state index is -0.213. The van der Waals surface area contributed by atoms with E-state index in [0.717, 1.165) is 17.2 Å². The Hall–Kier alpha value is -2.28. The van der Waals surface area contributed by atoms with Crippen LogP contribution in [0.3, 0.4) is 0 Å². The molecule has 1 amide bonds. The molecule has 1 fully saturated rings. The standard InChI is InChI=1S/C15H19N5O2/c1-10-6-17-12(7-16-10)15(21)20-4-5-22-13(9-20)14-18-11(2)8-19(14)3/h6-8,13H,4-5,9H2,1-3H3. The third-order valence-electron chi connectivity index (χ3n) is 3.67. The van der Waals surface area contributed by atoms with Gasteiger partial charge in [0.1, 0.15) is 17.6 Å². The normalized spacial score (nSPS) is 18.5. The van der Waals surface area contributed by atoms with E-state index in [1.54, 1.807) is 11.1 Å². The second-order valence-electron chi connectivity index (χ2n) is 5.51. The average molecular weight is 301 g/mol. The van der Waals surface area contributed by atoms with E-state index < -0.39 is 0 Å². The fourth-order valence-corrected chi connectivity index (χ4v) is 2.59. The van der Waals surface area contributed by atoms with Crippen LogP contribution in [0.2, 0.25) is 0 Å². The van der Waals surface area contributed by atoms with Crippen molar-refractivity contribution < 1.29 is 9.53 Å². The summed E-state index contributed by atoms with van der Waals surface area (Å²) in [4.78, 5) is 27.0. The number of carbonyl (C=O) groups excluding carboxylic acids is 1. The zero-order valence-corrected chi connectivity index (χ0v) is 13.0. The third-order valence-corrected chi connectivity index (χ3v) is 3.67. The van der Waals surface area contributed by atoms with Gasteiger partial charge < -0.3 is 14.2 Å². The Balaban J connectivity index is 1.76. The lowest BCUT2D eigenvalue weighted by atomic mass is 10.2. The average Bonchev–Trinajstić information content (AvgIpc) is 2.86. The molecule has 3 heterocycles. The highest BCUT2D eigenvalue weighted by atomic mass is 16.5. The molecule has 1 aliphatic heterocycles. The van der Waals surface area contributed by atoms with Gasteiger partial charge in [0, 0.05) is 26.0 Å². The summed E-state index contributed by atoms with van der Waals surface area (Å²) in [6, 6.07) is 0. The van der Waals surface area contributed by atoms with Crippen molar-refractivity contribution in [2.45, 2.75) is 20.0 Å². The summed E-state index contributed by atoms with van der Waals surface area (Å²) >= 11 is 0. The molecule has 1 saturated heterocycles. The number of rotatable bonds is 2. The lowest BCUT2D eigenvalue weighted by molar-refractivity contribution is -0.0281. The molecular formula is C15H19N5O2. The van der Waals surface area contributed by atoms with E-state index in [0.29, 0.717) is 25.4 Å². The van der Waals surface area contributed by atoms with Gasteiger partial charge in [0.05, 0.1) is 30.7 Å². The van der Waals surface area contributed by atoms with E-state index >= 15 is 0 Å². The molecule has 3 rings (SSSR count). The summed E-state index contributed by atoms with van der Waals surface area (Å²) < 4.78 is 7.72. The van der Waals surface area contributed by atoms with Gasteiger partial charge in [-0.15, -0.1) is 0 Å². The number of ether oxygens (including phenoxy) is 1. The van der Waals surface area contributed by atoms with Crippen molar-refractivity contribution in [1.82, 2.24) is 24.4 Å². The Morgan fingerprint density at radius 1 is 1.27 bits per heavy atom. The summed E-state index contributed by atoms with van der Waals surface area (Å²) in [6.45, 7) is 5.29. The Labute approximate surface area is 129 Å². The molecule has 1 atom stereocenters. The van der Waals surface area contributed by atoms with E-state index in [9.17, 15) is 4.79 Å². The molecule has 2 aromatic rings. The Morgan fingerprint density at radius 2 is 2.09 bits per heavy atom. The van der Waals surface area contributed by atoms with Crippen LogP contribution in [0.5, 0.6) is 0 Å². The van der Waals surface area contributed by atoms with Gasteiger partial charge in [0.25, 0.3) is 5.91 Å². The molecule has 22 heavy (non-hydrogen) atoms. The van der Waals surface area contributed by atoms with Crippen molar-refractivity contribution in [3.05, 3.63) is 41.5 Å². The number of hydrogen-bond acceptors (Lipinski definition) is 5. The van der Waals surface area contributed by atoms with Gasteiger partial charge in [0.2, 0.25) is 0 Å². The van der Waals surface area contributed by atoms with Gasteiger partial charge in [-0.3, -0.25) is 9.78 Å². The summed E-state index contributed by atoms with van der Waals surface area (Å²) in [6.07, 6.45) is 4.86. The summed E-state index contributed by atoms with van der Waals surface area (Å²) in [5.74, 6) is 0.719. The van der Waals surface area contributed by atoms with Crippen molar-refractivity contribution in [3.8, 4) is 0 Å². The lowest BCUT2D eigenvalue weighted by Crippen LogP contribution is -2.43. The third kappa shape index (κ3) is 2.85. The van der Waals surface area contributed by atoms with Crippen LogP contribution < -0.4 is 0 Å². The fourth-order valence-electron chi connectivity index (χ4n) is 2.59. The molecule has 0 saturated carbocycles. The largest absolute Gasteiger partial charge is 0.367 e. The van der Waals surface area contributed by atoms with Gasteiger partial charge in [0.15, 0.2) is 0 Å². The number of aryl methyl sites for hydroxylation is 3. The van der Waals surface area contributed by atoms with Gasteiger partial charge in [-0.2, -0.15) is 0 Å². The SMILES string of the molecule is Cc1cnc(C(=O)N2CCOC(c3nc(C)cn3C)C2)cn1. The molecule has 116 valence electrons. The molecule has 2 aromatic heterocycles. The second-order valence-corrected chi connectivity index (χ2v) is 5.51. The van der Waals surface area contributed by atoms with Crippen LogP contribution in [-0.2, 0) is 11.8 Å². The minimum Gasteiger partial charge on any atom is -0.367 e. The number of imidazole rings is 1. The number of nitrogens with zero attached hydrogens (tertiary/aromatic N) is 5. The van der Waals surface area contributed by atoms with Crippen LogP contribution in [0.15, 0.2) is 18.6 Å². The van der Waals surface area contributed by atoms with Gasteiger partial charge >= 0.3 is 0 Å². The fraction of sp³-hybridized carbons (Fsp3) is 0.467. The molecular weight excluding hydrogens is 282 g/mol. The predicted octanol–water partition coefficient (Wildman–Crippen LogP) is 1.04. The molecule has 0 aromatic carbocycles. The summed E-state index contributed by atoms with van der Waals surface area (Å²) in [5, 5.41) is 0. The first-order valence-electron chi connectivity index (χ1n) is 7.24. The van der Waals surface area contributed by atoms with Crippen molar-refractivity contribution in [2.24, 2.45) is 7.05 Å². The summed E-state index contributed by atoms with van der Waals surface area (Å²) in [5.41, 5.74) is 2.09. The first-order valence-corrected chi connectivity index (χ1v) is 7.24. The van der Waals surface area contributed by atoms with Crippen molar-refractivity contribution in [1.29, 1.82) is 0 Å². The Kier molecular flexibility index (Phi) is 3.89. The molecule has 0 N–H and O–H groups in total. The maximum absolute atomic E-state index is 12.5. The van der Waals surface area contributed by atoms with Crippen LogP contribution >= 0.6 is 0 Å². The van der Waals surface area contributed by atoms with Gasteiger partial charge in [-0.25, -0.2) is 9.97 Å². The van der Waals surface area contributed by atoms with Crippen molar-refractivity contribution in [3.63, 3.8) is 0 Å². The highest BCUT2D eigenvalue weighted by molar-refractivity contribution is 5.92. The number of aromatic nitrogens is 4. The quantitative estimate of drug-likeness (QED) is 0.828. The smallest absolute Gasteiger partial charge is 0.274 e. The van der Waals surface area contributed by atoms with Crippen molar-refractivity contribution in [2.75, 3.05) is 19.7 Å². The number of carbonyl (C=O) groups is 1. The molecule has 7 nitrogen and oxygen atoms in total. The highest BCUT2D eigenvalue weighted by Crippen LogP contribution is 2.22. The van der Waals surface area contributed by atoms with E-state index in [2.05, 4.69) is 15.0 Å². The first kappa shape index (κ1) is 14.6. The minimum absolute atomic E-state index is 0.119. The molecule has 0 radical (unpaired) electrons. The van der Waals surface area contributed by atoms with Crippen LogP contribution in [0.1, 0.15) is 33.8 Å². The molecule has 0 bridgehead atoms. The zero-order chi connectivity index (χ0) is 15.7. The van der Waals surface area contributed by atoms with Crippen LogP contribution in [0, 0.1) is 13.8 Å². The topological polar surface area (TPSA) is 73.1 Å². The number of morpholine rings is 1. The van der Waals surface area contributed by atoms with Crippen LogP contribution in [0.25, 0.3) is 0 Å². The van der Waals surface area contributed by atoms with Crippen LogP contribution in [-0.4, -0.2) is 50.0 Å². The van der Waals surface area contributed by atoms with E-state index in [-0.39, 0.29) is 12.0 Å². The molecule has 0 spiro atoms. The summed E-state index contributed by atoms with van der Waals surface area (Å²) in [7, 11) is 1.94. The predicted molar refractivity (Wildman–Crippen MR) is 79.3 cm³/mol. The molecule has 7 heteroatoms. The zero-order valence-electron chi connectivity index (χ0n) is 13.0. The van der Waals surface area contributed by atoms with Gasteiger partial charge in [-0.1, -0.05) is 0 Å². The molecule has 1 aliphatic rings. The van der Waals surface area contributed by atoms with Crippen molar-refractivity contribution >= 4 is 5.91 Å². The molecule has 1 unspecified atom stereocenters. The number of amides is 1. The maximum Gasteiger partial charge on any atom is 0.274 e. The second kappa shape index (κ2) is 5.84. The monoisotopic (exact) mass is 301 g/mol. The Bertz CT molecular complexity index is 680.